The molecule has 5 nitrogen and oxygen atoms in total. The Kier molecular flexibility index (Phi) is 3.53. The average Bonchev–Trinajstić information content (AvgIpc) is 2.79. The van der Waals surface area contributed by atoms with Crippen LogP contribution in [0.3, 0.4) is 0 Å². The van der Waals surface area contributed by atoms with Gasteiger partial charge in [0.2, 0.25) is 5.91 Å². The minimum Gasteiger partial charge on any atom is -0.493 e. The summed E-state index contributed by atoms with van der Waals surface area (Å²) in [6.45, 7) is 2.03. The van der Waals surface area contributed by atoms with E-state index < -0.39 is 5.91 Å². The lowest BCUT2D eigenvalue weighted by molar-refractivity contribution is -0.117. The Balaban J connectivity index is 2.26. The van der Waals surface area contributed by atoms with Gasteiger partial charge >= 0.3 is 0 Å². The quantitative estimate of drug-likeness (QED) is 0.842. The van der Waals surface area contributed by atoms with E-state index in [2.05, 4.69) is 5.32 Å². The van der Waals surface area contributed by atoms with Crippen LogP contribution in [0.2, 0.25) is 0 Å². The number of carbonyl (C=O) groups is 1. The number of rotatable bonds is 5. The Morgan fingerprint density at radius 3 is 3.00 bits per heavy atom. The summed E-state index contributed by atoms with van der Waals surface area (Å²) in [6.07, 6.45) is 0. The fraction of sp³-hybridized carbons (Fsp3) is 0.308. The van der Waals surface area contributed by atoms with Crippen molar-refractivity contribution in [1.29, 1.82) is 0 Å². The molecule has 1 unspecified atom stereocenters. The highest BCUT2D eigenvalue weighted by Gasteiger charge is 2.13. The number of methoxy groups -OCH3 is 1. The molecule has 0 spiro atoms. The van der Waals surface area contributed by atoms with Gasteiger partial charge in [0.05, 0.1) is 19.7 Å². The maximum absolute atomic E-state index is 10.7. The van der Waals surface area contributed by atoms with Crippen molar-refractivity contribution in [3.05, 3.63) is 30.0 Å². The lowest BCUT2D eigenvalue weighted by Gasteiger charge is -2.08. The molecule has 1 heterocycles. The van der Waals surface area contributed by atoms with E-state index >= 15 is 0 Å². The standard InChI is InChI=1S/C13H16N2O3/c1-8(15-7-12(14)16)11-6-9-4-3-5-10(17-2)13(9)18-11/h3-6,8,15H,7H2,1-2H3,(H2,14,16). The summed E-state index contributed by atoms with van der Waals surface area (Å²) in [5, 5.41) is 3.96. The van der Waals surface area contributed by atoms with Gasteiger partial charge in [0.1, 0.15) is 5.76 Å². The summed E-state index contributed by atoms with van der Waals surface area (Å²) < 4.78 is 11.0. The third-order valence-electron chi connectivity index (χ3n) is 2.76. The Morgan fingerprint density at radius 1 is 1.56 bits per heavy atom. The van der Waals surface area contributed by atoms with Gasteiger partial charge in [0, 0.05) is 5.39 Å². The van der Waals surface area contributed by atoms with Crippen LogP contribution in [0.5, 0.6) is 5.75 Å². The van der Waals surface area contributed by atoms with Gasteiger partial charge in [-0.05, 0) is 19.1 Å². The fourth-order valence-electron chi connectivity index (χ4n) is 1.78. The molecule has 96 valence electrons. The van der Waals surface area contributed by atoms with Gasteiger partial charge in [-0.25, -0.2) is 0 Å². The van der Waals surface area contributed by atoms with E-state index in [1.54, 1.807) is 7.11 Å². The molecule has 0 saturated carbocycles. The van der Waals surface area contributed by atoms with Crippen molar-refractivity contribution in [3.63, 3.8) is 0 Å². The summed E-state index contributed by atoms with van der Waals surface area (Å²) in [5.74, 6) is 1.05. The summed E-state index contributed by atoms with van der Waals surface area (Å²) in [6, 6.07) is 7.54. The second-order valence-corrected chi connectivity index (χ2v) is 4.10. The molecular formula is C13H16N2O3. The number of nitrogens with one attached hydrogen (secondary N) is 1. The highest BCUT2D eigenvalue weighted by atomic mass is 16.5. The first-order valence-corrected chi connectivity index (χ1v) is 5.70. The highest BCUT2D eigenvalue weighted by molar-refractivity contribution is 5.83. The maximum atomic E-state index is 10.7. The molecule has 2 rings (SSSR count). The first-order valence-electron chi connectivity index (χ1n) is 5.70. The first-order chi connectivity index (χ1) is 8.61. The predicted molar refractivity (Wildman–Crippen MR) is 68.4 cm³/mol. The lowest BCUT2D eigenvalue weighted by Crippen LogP contribution is -2.30. The van der Waals surface area contributed by atoms with Crippen LogP contribution in [0.25, 0.3) is 11.0 Å². The minimum atomic E-state index is -0.393. The number of benzene rings is 1. The molecular weight excluding hydrogens is 232 g/mol. The zero-order valence-electron chi connectivity index (χ0n) is 10.4. The first kappa shape index (κ1) is 12.4. The number of hydrogen-bond donors (Lipinski definition) is 2. The number of ether oxygens (including phenoxy) is 1. The van der Waals surface area contributed by atoms with Gasteiger partial charge in [-0.15, -0.1) is 0 Å². The third kappa shape index (κ3) is 2.46. The molecule has 0 aliphatic heterocycles. The van der Waals surface area contributed by atoms with Gasteiger partial charge in [-0.3, -0.25) is 10.1 Å². The van der Waals surface area contributed by atoms with Gasteiger partial charge in [0.15, 0.2) is 11.3 Å². The van der Waals surface area contributed by atoms with Crippen LogP contribution >= 0.6 is 0 Å². The van der Waals surface area contributed by atoms with Crippen LogP contribution in [0, 0.1) is 0 Å². The Morgan fingerprint density at radius 2 is 2.33 bits per heavy atom. The van der Waals surface area contributed by atoms with Crippen molar-refractivity contribution >= 4 is 16.9 Å². The molecule has 1 amide bonds. The summed E-state index contributed by atoms with van der Waals surface area (Å²) in [7, 11) is 1.60. The Labute approximate surface area is 105 Å². The van der Waals surface area contributed by atoms with E-state index in [1.165, 1.54) is 0 Å². The van der Waals surface area contributed by atoms with E-state index in [9.17, 15) is 4.79 Å². The molecule has 0 fully saturated rings. The zero-order chi connectivity index (χ0) is 13.1. The largest absolute Gasteiger partial charge is 0.493 e. The Bertz CT molecular complexity index is 562. The molecule has 18 heavy (non-hydrogen) atoms. The van der Waals surface area contributed by atoms with E-state index in [0.29, 0.717) is 11.3 Å². The van der Waals surface area contributed by atoms with Crippen molar-refractivity contribution in [2.45, 2.75) is 13.0 Å². The van der Waals surface area contributed by atoms with Gasteiger partial charge in [0.25, 0.3) is 0 Å². The minimum absolute atomic E-state index is 0.0883. The number of furan rings is 1. The number of carbonyl (C=O) groups excluding carboxylic acids is 1. The number of nitrogens with two attached hydrogens (primary N) is 1. The van der Waals surface area contributed by atoms with E-state index in [0.717, 1.165) is 11.1 Å². The lowest BCUT2D eigenvalue weighted by atomic mass is 10.2. The predicted octanol–water partition coefficient (Wildman–Crippen LogP) is 1.58. The molecule has 0 aliphatic carbocycles. The van der Waals surface area contributed by atoms with Crippen LogP contribution < -0.4 is 15.8 Å². The number of primary amides is 1. The molecule has 0 radical (unpaired) electrons. The molecule has 0 bridgehead atoms. The van der Waals surface area contributed by atoms with Crippen LogP contribution in [-0.2, 0) is 4.79 Å². The fourth-order valence-corrected chi connectivity index (χ4v) is 1.78. The summed E-state index contributed by atoms with van der Waals surface area (Å²) in [4.78, 5) is 10.7. The monoisotopic (exact) mass is 248 g/mol. The van der Waals surface area contributed by atoms with Gasteiger partial charge in [-0.1, -0.05) is 12.1 Å². The third-order valence-corrected chi connectivity index (χ3v) is 2.76. The number of fused-ring (bicyclic) bond motifs is 1. The second kappa shape index (κ2) is 5.10. The van der Waals surface area contributed by atoms with Gasteiger partial charge < -0.3 is 14.9 Å². The van der Waals surface area contributed by atoms with Crippen LogP contribution in [0.1, 0.15) is 18.7 Å². The molecule has 5 heteroatoms. The van der Waals surface area contributed by atoms with Crippen LogP contribution in [0.15, 0.2) is 28.7 Å². The smallest absolute Gasteiger partial charge is 0.231 e. The zero-order valence-corrected chi connectivity index (χ0v) is 10.4. The summed E-state index contributed by atoms with van der Waals surface area (Å²) >= 11 is 0. The highest BCUT2D eigenvalue weighted by Crippen LogP contribution is 2.30. The molecule has 3 N–H and O–H groups in total. The number of amides is 1. The van der Waals surface area contributed by atoms with Gasteiger partial charge in [-0.2, -0.15) is 0 Å². The van der Waals surface area contributed by atoms with Crippen molar-refractivity contribution < 1.29 is 13.9 Å². The molecule has 1 aromatic heterocycles. The maximum Gasteiger partial charge on any atom is 0.231 e. The van der Waals surface area contributed by atoms with Crippen LogP contribution in [-0.4, -0.2) is 19.6 Å². The molecule has 0 aliphatic rings. The van der Waals surface area contributed by atoms with Crippen molar-refractivity contribution in [2.24, 2.45) is 5.73 Å². The topological polar surface area (TPSA) is 77.5 Å². The van der Waals surface area contributed by atoms with E-state index in [-0.39, 0.29) is 12.6 Å². The van der Waals surface area contributed by atoms with Crippen molar-refractivity contribution in [3.8, 4) is 5.75 Å². The number of para-hydroxylation sites is 1. The molecule has 0 saturated heterocycles. The summed E-state index contributed by atoms with van der Waals surface area (Å²) in [5.41, 5.74) is 5.80. The van der Waals surface area contributed by atoms with E-state index in [4.69, 9.17) is 14.9 Å². The van der Waals surface area contributed by atoms with Crippen LogP contribution in [0.4, 0.5) is 0 Å². The Hall–Kier alpha value is -2.01. The van der Waals surface area contributed by atoms with Crippen molar-refractivity contribution in [1.82, 2.24) is 5.32 Å². The molecule has 2 aromatic rings. The molecule has 1 aromatic carbocycles. The number of hydrogen-bond acceptors (Lipinski definition) is 4. The van der Waals surface area contributed by atoms with E-state index in [1.807, 2.05) is 31.2 Å². The SMILES string of the molecule is COc1cccc2cc(C(C)NCC(N)=O)oc12. The molecule has 1 atom stereocenters. The normalized spacial score (nSPS) is 12.6. The van der Waals surface area contributed by atoms with Crippen molar-refractivity contribution in [2.75, 3.05) is 13.7 Å². The average molecular weight is 248 g/mol. The second-order valence-electron chi connectivity index (χ2n) is 4.10.